The van der Waals surface area contributed by atoms with E-state index >= 15 is 0 Å². The Bertz CT molecular complexity index is 543. The van der Waals surface area contributed by atoms with Gasteiger partial charge in [0.1, 0.15) is 0 Å². The number of aliphatic carboxylic acids is 1. The maximum absolute atomic E-state index is 10.5. The van der Waals surface area contributed by atoms with Crippen LogP contribution in [0.2, 0.25) is 0 Å². The van der Waals surface area contributed by atoms with Crippen LogP contribution < -0.4 is 0 Å². The molecule has 0 aliphatic heterocycles. The number of nitrogens with zero attached hydrogens (tertiary/aromatic N) is 2. The standard InChI is InChI=1S/C12H14N2O2/c1-8-3-4-11-10(7-8)9(2)13-14(11)6-5-12(15)16/h3-4,7H,5-6H2,1-2H3,(H,15,16). The number of hydrogen-bond donors (Lipinski definition) is 1. The fourth-order valence-corrected chi connectivity index (χ4v) is 1.83. The summed E-state index contributed by atoms with van der Waals surface area (Å²) in [6, 6.07) is 6.09. The van der Waals surface area contributed by atoms with Gasteiger partial charge in [-0.2, -0.15) is 5.10 Å². The second-order valence-electron chi connectivity index (χ2n) is 3.97. The zero-order chi connectivity index (χ0) is 11.7. The Labute approximate surface area is 93.5 Å². The fraction of sp³-hybridized carbons (Fsp3) is 0.333. The molecule has 1 N–H and O–H groups in total. The summed E-state index contributed by atoms with van der Waals surface area (Å²) in [5.41, 5.74) is 3.14. The first-order valence-electron chi connectivity index (χ1n) is 5.23. The Morgan fingerprint density at radius 2 is 2.19 bits per heavy atom. The fourth-order valence-electron chi connectivity index (χ4n) is 1.83. The number of hydrogen-bond acceptors (Lipinski definition) is 2. The van der Waals surface area contributed by atoms with Crippen LogP contribution in [-0.2, 0) is 11.3 Å². The molecule has 0 saturated carbocycles. The van der Waals surface area contributed by atoms with E-state index in [9.17, 15) is 4.79 Å². The monoisotopic (exact) mass is 218 g/mol. The average molecular weight is 218 g/mol. The molecular weight excluding hydrogens is 204 g/mol. The highest BCUT2D eigenvalue weighted by molar-refractivity contribution is 5.82. The van der Waals surface area contributed by atoms with Crippen molar-refractivity contribution in [2.45, 2.75) is 26.8 Å². The highest BCUT2D eigenvalue weighted by Crippen LogP contribution is 2.19. The van der Waals surface area contributed by atoms with Gasteiger partial charge in [-0.3, -0.25) is 9.48 Å². The van der Waals surface area contributed by atoms with Crippen molar-refractivity contribution in [2.75, 3.05) is 0 Å². The number of rotatable bonds is 3. The lowest BCUT2D eigenvalue weighted by Crippen LogP contribution is -2.05. The topological polar surface area (TPSA) is 55.1 Å². The van der Waals surface area contributed by atoms with Crippen LogP contribution in [0.1, 0.15) is 17.7 Å². The zero-order valence-corrected chi connectivity index (χ0v) is 9.40. The molecule has 2 rings (SSSR count). The van der Waals surface area contributed by atoms with Gasteiger partial charge in [0.25, 0.3) is 0 Å². The lowest BCUT2D eigenvalue weighted by molar-refractivity contribution is -0.137. The molecule has 1 heterocycles. The van der Waals surface area contributed by atoms with Gasteiger partial charge in [-0.1, -0.05) is 11.6 Å². The number of benzene rings is 1. The summed E-state index contributed by atoms with van der Waals surface area (Å²) in [5, 5.41) is 14.1. The van der Waals surface area contributed by atoms with Gasteiger partial charge >= 0.3 is 5.97 Å². The average Bonchev–Trinajstić information content (AvgIpc) is 2.53. The SMILES string of the molecule is Cc1ccc2c(c1)c(C)nn2CCC(=O)O. The third-order valence-electron chi connectivity index (χ3n) is 2.63. The Morgan fingerprint density at radius 1 is 1.44 bits per heavy atom. The first-order valence-corrected chi connectivity index (χ1v) is 5.23. The summed E-state index contributed by atoms with van der Waals surface area (Å²) >= 11 is 0. The highest BCUT2D eigenvalue weighted by atomic mass is 16.4. The summed E-state index contributed by atoms with van der Waals surface area (Å²) in [6.45, 7) is 4.40. The van der Waals surface area contributed by atoms with Crippen LogP contribution in [0.3, 0.4) is 0 Å². The zero-order valence-electron chi connectivity index (χ0n) is 9.40. The van der Waals surface area contributed by atoms with Crippen LogP contribution in [0.25, 0.3) is 10.9 Å². The van der Waals surface area contributed by atoms with Crippen LogP contribution in [0.5, 0.6) is 0 Å². The van der Waals surface area contributed by atoms with Crippen LogP contribution in [0, 0.1) is 13.8 Å². The number of carbonyl (C=O) groups is 1. The first kappa shape index (κ1) is 10.7. The molecule has 4 heteroatoms. The minimum Gasteiger partial charge on any atom is -0.481 e. The molecule has 1 aromatic carbocycles. The lowest BCUT2D eigenvalue weighted by atomic mass is 10.1. The van der Waals surface area contributed by atoms with Gasteiger partial charge in [-0.25, -0.2) is 0 Å². The van der Waals surface area contributed by atoms with Gasteiger partial charge in [-0.15, -0.1) is 0 Å². The van der Waals surface area contributed by atoms with Gasteiger partial charge in [-0.05, 0) is 26.0 Å². The molecule has 0 unspecified atom stereocenters. The Morgan fingerprint density at radius 3 is 2.88 bits per heavy atom. The number of aryl methyl sites for hydroxylation is 3. The van der Waals surface area contributed by atoms with E-state index in [0.717, 1.165) is 16.6 Å². The molecule has 0 atom stereocenters. The number of carboxylic acids is 1. The van der Waals surface area contributed by atoms with Crippen molar-refractivity contribution < 1.29 is 9.90 Å². The molecule has 0 amide bonds. The third-order valence-corrected chi connectivity index (χ3v) is 2.63. The molecule has 4 nitrogen and oxygen atoms in total. The van der Waals surface area contributed by atoms with E-state index in [0.29, 0.717) is 6.54 Å². The summed E-state index contributed by atoms with van der Waals surface area (Å²) < 4.78 is 1.76. The van der Waals surface area contributed by atoms with Crippen molar-refractivity contribution in [3.63, 3.8) is 0 Å². The van der Waals surface area contributed by atoms with Crippen molar-refractivity contribution in [3.05, 3.63) is 29.5 Å². The Kier molecular flexibility index (Phi) is 2.64. The molecule has 0 spiro atoms. The molecule has 0 aliphatic carbocycles. The predicted octanol–water partition coefficient (Wildman–Crippen LogP) is 2.13. The molecule has 1 aromatic heterocycles. The highest BCUT2D eigenvalue weighted by Gasteiger charge is 2.08. The van der Waals surface area contributed by atoms with E-state index in [1.807, 2.05) is 26.0 Å². The molecule has 84 valence electrons. The molecule has 0 radical (unpaired) electrons. The van der Waals surface area contributed by atoms with E-state index < -0.39 is 5.97 Å². The van der Waals surface area contributed by atoms with Crippen molar-refractivity contribution >= 4 is 16.9 Å². The third kappa shape index (κ3) is 1.91. The van der Waals surface area contributed by atoms with Gasteiger partial charge in [0, 0.05) is 5.39 Å². The summed E-state index contributed by atoms with van der Waals surface area (Å²) in [6.07, 6.45) is 0.101. The number of carboxylic acid groups (broad SMARTS) is 1. The Hall–Kier alpha value is -1.84. The number of fused-ring (bicyclic) bond motifs is 1. The normalized spacial score (nSPS) is 10.9. The smallest absolute Gasteiger partial charge is 0.305 e. The van der Waals surface area contributed by atoms with Crippen LogP contribution >= 0.6 is 0 Å². The molecule has 0 bridgehead atoms. The van der Waals surface area contributed by atoms with Gasteiger partial charge in [0.05, 0.1) is 24.2 Å². The Balaban J connectivity index is 2.43. The van der Waals surface area contributed by atoms with Crippen molar-refractivity contribution in [3.8, 4) is 0 Å². The van der Waals surface area contributed by atoms with Crippen molar-refractivity contribution in [1.29, 1.82) is 0 Å². The quantitative estimate of drug-likeness (QED) is 0.858. The molecule has 0 saturated heterocycles. The lowest BCUT2D eigenvalue weighted by Gasteiger charge is -2.00. The van der Waals surface area contributed by atoms with Crippen LogP contribution in [0.4, 0.5) is 0 Å². The van der Waals surface area contributed by atoms with E-state index in [1.165, 1.54) is 5.56 Å². The predicted molar refractivity (Wildman–Crippen MR) is 61.5 cm³/mol. The molecule has 2 aromatic rings. The van der Waals surface area contributed by atoms with Crippen LogP contribution in [0.15, 0.2) is 18.2 Å². The van der Waals surface area contributed by atoms with Gasteiger partial charge in [0.2, 0.25) is 0 Å². The second kappa shape index (κ2) is 3.96. The summed E-state index contributed by atoms with van der Waals surface area (Å²) in [7, 11) is 0. The maximum atomic E-state index is 10.5. The maximum Gasteiger partial charge on any atom is 0.305 e. The number of aromatic nitrogens is 2. The minimum absolute atomic E-state index is 0.101. The van der Waals surface area contributed by atoms with Crippen molar-refractivity contribution in [2.24, 2.45) is 0 Å². The van der Waals surface area contributed by atoms with E-state index in [1.54, 1.807) is 4.68 Å². The second-order valence-corrected chi connectivity index (χ2v) is 3.97. The van der Waals surface area contributed by atoms with Gasteiger partial charge < -0.3 is 5.11 Å². The summed E-state index contributed by atoms with van der Waals surface area (Å²) in [5.74, 6) is -0.798. The van der Waals surface area contributed by atoms with Crippen molar-refractivity contribution in [1.82, 2.24) is 9.78 Å². The minimum atomic E-state index is -0.798. The van der Waals surface area contributed by atoms with E-state index in [-0.39, 0.29) is 6.42 Å². The molecule has 0 aliphatic rings. The van der Waals surface area contributed by atoms with E-state index in [4.69, 9.17) is 5.11 Å². The largest absolute Gasteiger partial charge is 0.481 e. The summed E-state index contributed by atoms with van der Waals surface area (Å²) in [4.78, 5) is 10.5. The van der Waals surface area contributed by atoms with E-state index in [2.05, 4.69) is 11.2 Å². The van der Waals surface area contributed by atoms with Gasteiger partial charge in [0.15, 0.2) is 0 Å². The molecule has 16 heavy (non-hydrogen) atoms. The molecule has 0 fully saturated rings. The van der Waals surface area contributed by atoms with Crippen LogP contribution in [-0.4, -0.2) is 20.9 Å². The molecular formula is C12H14N2O2. The first-order chi connectivity index (χ1) is 7.58.